The maximum absolute atomic E-state index is 11.7. The van der Waals surface area contributed by atoms with Crippen molar-refractivity contribution < 1.29 is 9.53 Å². The minimum Gasteiger partial charge on any atom is -0.444 e. The molecule has 1 amide bonds. The molecule has 1 aliphatic rings. The zero-order chi connectivity index (χ0) is 13.1. The highest BCUT2D eigenvalue weighted by Crippen LogP contribution is 2.09. The maximum atomic E-state index is 11.7. The summed E-state index contributed by atoms with van der Waals surface area (Å²) in [6.07, 6.45) is 1.78. The van der Waals surface area contributed by atoms with Gasteiger partial charge in [0.05, 0.1) is 6.54 Å². The molecule has 1 N–H and O–H groups in total. The molecule has 5 heteroatoms. The minimum atomic E-state index is -0.437. The van der Waals surface area contributed by atoms with Crippen LogP contribution in [0.4, 0.5) is 4.79 Å². The predicted molar refractivity (Wildman–Crippen MR) is 67.3 cm³/mol. The summed E-state index contributed by atoms with van der Waals surface area (Å²) in [6, 6.07) is 0. The van der Waals surface area contributed by atoms with E-state index in [9.17, 15) is 4.79 Å². The first kappa shape index (κ1) is 13.8. The number of amides is 1. The number of nitrogens with zero attached hydrogens (tertiary/aromatic N) is 2. The van der Waals surface area contributed by atoms with Gasteiger partial charge in [0.25, 0.3) is 0 Å². The van der Waals surface area contributed by atoms with E-state index in [0.717, 1.165) is 13.1 Å². The zero-order valence-electron chi connectivity index (χ0n) is 11.4. The number of nitrogens with one attached hydrogen (secondary N) is 1. The average Bonchev–Trinajstić information content (AvgIpc) is 2.58. The molecule has 5 nitrogen and oxygen atoms in total. The summed E-state index contributed by atoms with van der Waals surface area (Å²) in [4.78, 5) is 13.3. The van der Waals surface area contributed by atoms with E-state index in [2.05, 4.69) is 18.5 Å². The number of ether oxygens (including phenoxy) is 1. The Morgan fingerprint density at radius 1 is 1.59 bits per heavy atom. The Morgan fingerprint density at radius 2 is 2.24 bits per heavy atom. The summed E-state index contributed by atoms with van der Waals surface area (Å²) in [5.74, 6) is 0. The van der Waals surface area contributed by atoms with Crippen LogP contribution in [0.3, 0.4) is 0 Å². The smallest absolute Gasteiger partial charge is 0.410 e. The van der Waals surface area contributed by atoms with E-state index in [1.165, 1.54) is 5.57 Å². The summed E-state index contributed by atoms with van der Waals surface area (Å²) >= 11 is 0. The number of hydrogen-bond donors (Lipinski definition) is 1. The van der Waals surface area contributed by atoms with E-state index in [4.69, 9.17) is 4.74 Å². The SMILES string of the molecule is CC1=CN(CCN(C)C(=O)OC(C)(C)C)NC1. The standard InChI is InChI=1S/C12H23N3O2/c1-10-8-13-15(9-10)7-6-14(5)11(16)17-12(2,3)4/h9,13H,6-8H2,1-5H3. The van der Waals surface area contributed by atoms with Crippen molar-refractivity contribution in [3.63, 3.8) is 0 Å². The van der Waals surface area contributed by atoms with Crippen LogP contribution in [0.1, 0.15) is 27.7 Å². The molecule has 0 bridgehead atoms. The molecule has 0 atom stereocenters. The highest BCUT2D eigenvalue weighted by molar-refractivity contribution is 5.67. The minimum absolute atomic E-state index is 0.280. The summed E-state index contributed by atoms with van der Waals surface area (Å²) in [5, 5.41) is 2.00. The lowest BCUT2D eigenvalue weighted by atomic mass is 10.2. The number of likely N-dealkylation sites (N-methyl/N-ethyl adjacent to an activating group) is 1. The number of hydrazine groups is 1. The fourth-order valence-corrected chi connectivity index (χ4v) is 1.42. The molecule has 0 aromatic carbocycles. The lowest BCUT2D eigenvalue weighted by Crippen LogP contribution is -2.40. The molecule has 1 rings (SSSR count). The highest BCUT2D eigenvalue weighted by atomic mass is 16.6. The van der Waals surface area contributed by atoms with Crippen molar-refractivity contribution in [2.24, 2.45) is 0 Å². The van der Waals surface area contributed by atoms with E-state index >= 15 is 0 Å². The Kier molecular flexibility index (Phi) is 4.40. The molecular weight excluding hydrogens is 218 g/mol. The number of hydrogen-bond acceptors (Lipinski definition) is 4. The zero-order valence-corrected chi connectivity index (χ0v) is 11.4. The fraction of sp³-hybridized carbons (Fsp3) is 0.750. The van der Waals surface area contributed by atoms with Crippen LogP contribution < -0.4 is 5.43 Å². The monoisotopic (exact) mass is 241 g/mol. The largest absolute Gasteiger partial charge is 0.444 e. The molecule has 0 saturated heterocycles. The van der Waals surface area contributed by atoms with Crippen LogP contribution in [0.5, 0.6) is 0 Å². The van der Waals surface area contributed by atoms with Crippen molar-refractivity contribution in [2.75, 3.05) is 26.7 Å². The lowest BCUT2D eigenvalue weighted by molar-refractivity contribution is 0.0285. The van der Waals surface area contributed by atoms with Crippen LogP contribution in [0.2, 0.25) is 0 Å². The van der Waals surface area contributed by atoms with E-state index in [1.807, 2.05) is 25.8 Å². The quantitative estimate of drug-likeness (QED) is 0.814. The van der Waals surface area contributed by atoms with Gasteiger partial charge in [-0.25, -0.2) is 10.2 Å². The van der Waals surface area contributed by atoms with Gasteiger partial charge < -0.3 is 14.6 Å². The van der Waals surface area contributed by atoms with Gasteiger partial charge >= 0.3 is 6.09 Å². The third kappa shape index (κ3) is 5.08. The highest BCUT2D eigenvalue weighted by Gasteiger charge is 2.20. The average molecular weight is 241 g/mol. The molecule has 98 valence electrons. The van der Waals surface area contributed by atoms with Gasteiger partial charge in [-0.05, 0) is 33.3 Å². The second-order valence-corrected chi connectivity index (χ2v) is 5.41. The van der Waals surface area contributed by atoms with Crippen LogP contribution >= 0.6 is 0 Å². The van der Waals surface area contributed by atoms with Crippen molar-refractivity contribution in [1.82, 2.24) is 15.3 Å². The lowest BCUT2D eigenvalue weighted by Gasteiger charge is -2.26. The maximum Gasteiger partial charge on any atom is 0.410 e. The van der Waals surface area contributed by atoms with Crippen molar-refractivity contribution in [3.8, 4) is 0 Å². The number of carbonyl (C=O) groups excluding carboxylic acids is 1. The van der Waals surface area contributed by atoms with Gasteiger partial charge in [0.15, 0.2) is 0 Å². The van der Waals surface area contributed by atoms with Crippen LogP contribution in [0, 0.1) is 0 Å². The van der Waals surface area contributed by atoms with Gasteiger partial charge in [0.2, 0.25) is 0 Å². The van der Waals surface area contributed by atoms with Gasteiger partial charge in [0.1, 0.15) is 5.60 Å². The predicted octanol–water partition coefficient (Wildman–Crippen LogP) is 1.58. The molecule has 1 aliphatic heterocycles. The molecule has 0 aromatic heterocycles. The van der Waals surface area contributed by atoms with E-state index in [0.29, 0.717) is 6.54 Å². The number of carbonyl (C=O) groups is 1. The van der Waals surface area contributed by atoms with Gasteiger partial charge in [-0.2, -0.15) is 0 Å². The molecule has 0 aliphatic carbocycles. The van der Waals surface area contributed by atoms with Crippen LogP contribution in [-0.4, -0.2) is 48.3 Å². The van der Waals surface area contributed by atoms with Gasteiger partial charge in [0, 0.05) is 26.3 Å². The topological polar surface area (TPSA) is 44.8 Å². The first-order valence-electron chi connectivity index (χ1n) is 5.89. The molecule has 1 heterocycles. The third-order valence-electron chi connectivity index (χ3n) is 2.32. The number of rotatable bonds is 3. The van der Waals surface area contributed by atoms with Crippen LogP contribution in [-0.2, 0) is 4.74 Å². The second-order valence-electron chi connectivity index (χ2n) is 5.41. The van der Waals surface area contributed by atoms with Crippen molar-refractivity contribution in [1.29, 1.82) is 0 Å². The Morgan fingerprint density at radius 3 is 2.71 bits per heavy atom. The van der Waals surface area contributed by atoms with E-state index in [1.54, 1.807) is 11.9 Å². The van der Waals surface area contributed by atoms with Gasteiger partial charge in [-0.3, -0.25) is 0 Å². The normalized spacial score (nSPS) is 15.8. The van der Waals surface area contributed by atoms with Gasteiger partial charge in [-0.15, -0.1) is 0 Å². The summed E-state index contributed by atoms with van der Waals surface area (Å²) < 4.78 is 5.27. The molecule has 17 heavy (non-hydrogen) atoms. The molecule has 0 saturated carbocycles. The molecule has 0 fully saturated rings. The Bertz CT molecular complexity index is 307. The summed E-state index contributed by atoms with van der Waals surface area (Å²) in [6.45, 7) is 9.95. The van der Waals surface area contributed by atoms with Crippen molar-refractivity contribution in [3.05, 3.63) is 11.8 Å². The second kappa shape index (κ2) is 5.40. The van der Waals surface area contributed by atoms with Crippen LogP contribution in [0.15, 0.2) is 11.8 Å². The van der Waals surface area contributed by atoms with Crippen molar-refractivity contribution in [2.45, 2.75) is 33.3 Å². The molecule has 0 radical (unpaired) electrons. The Balaban J connectivity index is 2.29. The molecular formula is C12H23N3O2. The molecule has 0 spiro atoms. The molecule has 0 aromatic rings. The first-order chi connectivity index (χ1) is 7.78. The third-order valence-corrected chi connectivity index (χ3v) is 2.32. The first-order valence-corrected chi connectivity index (χ1v) is 5.89. The summed E-state index contributed by atoms with van der Waals surface area (Å²) in [7, 11) is 1.75. The fourth-order valence-electron chi connectivity index (χ4n) is 1.42. The van der Waals surface area contributed by atoms with E-state index < -0.39 is 5.60 Å². The van der Waals surface area contributed by atoms with Crippen molar-refractivity contribution >= 4 is 6.09 Å². The molecule has 0 unspecified atom stereocenters. The van der Waals surface area contributed by atoms with Gasteiger partial charge in [-0.1, -0.05) is 0 Å². The van der Waals surface area contributed by atoms with Crippen LogP contribution in [0.25, 0.3) is 0 Å². The Labute approximate surface area is 103 Å². The summed E-state index contributed by atoms with van der Waals surface area (Å²) in [5.41, 5.74) is 4.07. The Hall–Kier alpha value is -1.23. The van der Waals surface area contributed by atoms with E-state index in [-0.39, 0.29) is 6.09 Å².